The fourth-order valence-corrected chi connectivity index (χ4v) is 3.46. The average molecular weight is 318 g/mol. The number of carbonyl (C=O) groups is 1. The minimum atomic E-state index is 0.138. The molecule has 94 valence electrons. The Morgan fingerprint density at radius 2 is 2.47 bits per heavy atom. The Bertz CT molecular complexity index is 399. The Kier molecular flexibility index (Phi) is 4.22. The molecular formula is C12H16BrNO2S. The Hall–Kier alpha value is -0.390. The standard InChI is InChI=1S/C12H16BrNO2S/c1-3-9-7-16-5-4-14(9)12(15)10-6-8(2)11(13)17-10/h6,9H,3-5,7H2,1-2H3. The summed E-state index contributed by atoms with van der Waals surface area (Å²) in [5.74, 6) is 0.138. The van der Waals surface area contributed by atoms with Crippen molar-refractivity contribution in [3.05, 3.63) is 20.3 Å². The van der Waals surface area contributed by atoms with E-state index in [0.29, 0.717) is 19.8 Å². The predicted octanol–water partition coefficient (Wildman–Crippen LogP) is 3.07. The van der Waals surface area contributed by atoms with Crippen LogP contribution in [0.2, 0.25) is 0 Å². The normalized spacial score (nSPS) is 20.6. The van der Waals surface area contributed by atoms with Crippen molar-refractivity contribution >= 4 is 33.2 Å². The highest BCUT2D eigenvalue weighted by Gasteiger charge is 2.27. The molecule has 1 aromatic heterocycles. The molecule has 0 spiro atoms. The van der Waals surface area contributed by atoms with Crippen LogP contribution in [0.15, 0.2) is 9.85 Å². The Balaban J connectivity index is 2.18. The number of morpholine rings is 1. The van der Waals surface area contributed by atoms with Gasteiger partial charge in [0, 0.05) is 6.54 Å². The van der Waals surface area contributed by atoms with E-state index in [9.17, 15) is 4.79 Å². The number of thiophene rings is 1. The van der Waals surface area contributed by atoms with Crippen molar-refractivity contribution in [2.24, 2.45) is 0 Å². The van der Waals surface area contributed by atoms with Crippen molar-refractivity contribution < 1.29 is 9.53 Å². The zero-order valence-electron chi connectivity index (χ0n) is 10.0. The molecule has 17 heavy (non-hydrogen) atoms. The third kappa shape index (κ3) is 2.72. The van der Waals surface area contributed by atoms with Crippen LogP contribution in [0.1, 0.15) is 28.6 Å². The fraction of sp³-hybridized carbons (Fsp3) is 0.583. The third-order valence-electron chi connectivity index (χ3n) is 3.03. The van der Waals surface area contributed by atoms with Crippen molar-refractivity contribution in [1.29, 1.82) is 0 Å². The molecule has 5 heteroatoms. The maximum atomic E-state index is 12.4. The number of aryl methyl sites for hydroxylation is 1. The van der Waals surface area contributed by atoms with Crippen molar-refractivity contribution in [3.63, 3.8) is 0 Å². The van der Waals surface area contributed by atoms with Gasteiger partial charge < -0.3 is 9.64 Å². The summed E-state index contributed by atoms with van der Waals surface area (Å²) in [4.78, 5) is 15.2. The van der Waals surface area contributed by atoms with E-state index >= 15 is 0 Å². The van der Waals surface area contributed by atoms with Gasteiger partial charge in [0.1, 0.15) is 0 Å². The lowest BCUT2D eigenvalue weighted by atomic mass is 10.1. The second-order valence-corrected chi connectivity index (χ2v) is 6.57. The van der Waals surface area contributed by atoms with E-state index in [2.05, 4.69) is 22.9 Å². The first kappa shape index (κ1) is 13.1. The fourth-order valence-electron chi connectivity index (χ4n) is 1.97. The molecule has 1 atom stereocenters. The molecule has 0 aromatic carbocycles. The summed E-state index contributed by atoms with van der Waals surface area (Å²) in [6, 6.07) is 2.18. The van der Waals surface area contributed by atoms with Crippen molar-refractivity contribution in [1.82, 2.24) is 4.90 Å². The van der Waals surface area contributed by atoms with Gasteiger partial charge in [-0.05, 0) is 40.9 Å². The lowest BCUT2D eigenvalue weighted by Crippen LogP contribution is -2.48. The first-order chi connectivity index (χ1) is 8.13. The highest BCUT2D eigenvalue weighted by atomic mass is 79.9. The Labute approximate surface area is 114 Å². The summed E-state index contributed by atoms with van der Waals surface area (Å²) < 4.78 is 6.46. The second-order valence-electron chi connectivity index (χ2n) is 4.20. The minimum Gasteiger partial charge on any atom is -0.377 e. The van der Waals surface area contributed by atoms with Gasteiger partial charge in [0.25, 0.3) is 5.91 Å². The number of nitrogens with zero attached hydrogens (tertiary/aromatic N) is 1. The summed E-state index contributed by atoms with van der Waals surface area (Å²) >= 11 is 4.98. The van der Waals surface area contributed by atoms with E-state index in [1.807, 2.05) is 17.9 Å². The van der Waals surface area contributed by atoms with Crippen LogP contribution in [0, 0.1) is 6.92 Å². The minimum absolute atomic E-state index is 0.138. The van der Waals surface area contributed by atoms with Crippen LogP contribution in [-0.4, -0.2) is 36.6 Å². The number of hydrogen-bond donors (Lipinski definition) is 0. The molecule has 0 aliphatic carbocycles. The second kappa shape index (κ2) is 5.50. The molecule has 3 nitrogen and oxygen atoms in total. The van der Waals surface area contributed by atoms with Gasteiger partial charge in [0.15, 0.2) is 0 Å². The predicted molar refractivity (Wildman–Crippen MR) is 72.7 cm³/mol. The van der Waals surface area contributed by atoms with E-state index in [0.717, 1.165) is 20.6 Å². The molecule has 1 unspecified atom stereocenters. The molecule has 1 saturated heterocycles. The Morgan fingerprint density at radius 1 is 1.71 bits per heavy atom. The van der Waals surface area contributed by atoms with Crippen LogP contribution in [0.5, 0.6) is 0 Å². The molecule has 1 amide bonds. The number of hydrogen-bond acceptors (Lipinski definition) is 3. The van der Waals surface area contributed by atoms with Crippen LogP contribution in [0.4, 0.5) is 0 Å². The van der Waals surface area contributed by atoms with Crippen LogP contribution in [0.25, 0.3) is 0 Å². The molecule has 1 fully saturated rings. The smallest absolute Gasteiger partial charge is 0.264 e. The number of carbonyl (C=O) groups excluding carboxylic acids is 1. The summed E-state index contributed by atoms with van der Waals surface area (Å²) in [5, 5.41) is 0. The van der Waals surface area contributed by atoms with E-state index in [1.54, 1.807) is 0 Å². The first-order valence-corrected chi connectivity index (χ1v) is 7.39. The number of rotatable bonds is 2. The maximum Gasteiger partial charge on any atom is 0.264 e. The Morgan fingerprint density at radius 3 is 3.06 bits per heavy atom. The lowest BCUT2D eigenvalue weighted by molar-refractivity contribution is -0.00253. The number of ether oxygens (including phenoxy) is 1. The molecule has 2 heterocycles. The molecule has 1 aliphatic heterocycles. The first-order valence-electron chi connectivity index (χ1n) is 5.78. The zero-order chi connectivity index (χ0) is 12.4. The summed E-state index contributed by atoms with van der Waals surface area (Å²) in [6.45, 7) is 6.11. The van der Waals surface area contributed by atoms with Gasteiger partial charge in [-0.1, -0.05) is 6.92 Å². The summed E-state index contributed by atoms with van der Waals surface area (Å²) in [5.41, 5.74) is 1.12. The van der Waals surface area contributed by atoms with Gasteiger partial charge in [-0.3, -0.25) is 4.79 Å². The molecule has 0 N–H and O–H groups in total. The highest BCUT2D eigenvalue weighted by molar-refractivity contribution is 9.11. The number of amides is 1. The average Bonchev–Trinajstić information content (AvgIpc) is 2.68. The van der Waals surface area contributed by atoms with Gasteiger partial charge in [-0.2, -0.15) is 0 Å². The van der Waals surface area contributed by atoms with Gasteiger partial charge in [-0.15, -0.1) is 11.3 Å². The van der Waals surface area contributed by atoms with E-state index < -0.39 is 0 Å². The quantitative estimate of drug-likeness (QED) is 0.839. The topological polar surface area (TPSA) is 29.5 Å². The molecular weight excluding hydrogens is 302 g/mol. The maximum absolute atomic E-state index is 12.4. The van der Waals surface area contributed by atoms with E-state index in [4.69, 9.17) is 4.74 Å². The third-order valence-corrected chi connectivity index (χ3v) is 5.15. The van der Waals surface area contributed by atoms with Gasteiger partial charge in [0.2, 0.25) is 0 Å². The molecule has 1 aromatic rings. The molecule has 0 bridgehead atoms. The molecule has 2 rings (SSSR count). The highest BCUT2D eigenvalue weighted by Crippen LogP contribution is 2.29. The van der Waals surface area contributed by atoms with Crippen LogP contribution < -0.4 is 0 Å². The van der Waals surface area contributed by atoms with E-state index in [-0.39, 0.29) is 11.9 Å². The molecule has 0 radical (unpaired) electrons. The van der Waals surface area contributed by atoms with Crippen molar-refractivity contribution in [3.8, 4) is 0 Å². The zero-order valence-corrected chi connectivity index (χ0v) is 12.4. The van der Waals surface area contributed by atoms with E-state index in [1.165, 1.54) is 11.3 Å². The van der Waals surface area contributed by atoms with Crippen LogP contribution in [-0.2, 0) is 4.74 Å². The lowest BCUT2D eigenvalue weighted by Gasteiger charge is -2.34. The monoisotopic (exact) mass is 317 g/mol. The molecule has 1 aliphatic rings. The summed E-state index contributed by atoms with van der Waals surface area (Å²) in [6.07, 6.45) is 0.942. The van der Waals surface area contributed by atoms with Crippen LogP contribution >= 0.6 is 27.3 Å². The van der Waals surface area contributed by atoms with Gasteiger partial charge >= 0.3 is 0 Å². The van der Waals surface area contributed by atoms with Gasteiger partial charge in [-0.25, -0.2) is 0 Å². The SMILES string of the molecule is CCC1COCCN1C(=O)c1cc(C)c(Br)s1. The van der Waals surface area contributed by atoms with Crippen LogP contribution in [0.3, 0.4) is 0 Å². The summed E-state index contributed by atoms with van der Waals surface area (Å²) in [7, 11) is 0. The molecule has 0 saturated carbocycles. The van der Waals surface area contributed by atoms with Gasteiger partial charge in [0.05, 0.1) is 27.9 Å². The number of halogens is 1. The largest absolute Gasteiger partial charge is 0.377 e. The van der Waals surface area contributed by atoms with Crippen molar-refractivity contribution in [2.75, 3.05) is 19.8 Å². The van der Waals surface area contributed by atoms with Crippen molar-refractivity contribution in [2.45, 2.75) is 26.3 Å².